The standard InChI is InChI=1S/C17H22FNO2/c18-15-8-7-13(17(20)21)10-14(15)11-19-9-3-5-12-4-1-2-6-16(12)19/h7-8,10,12,16H,1-6,9,11H2,(H,20,21). The minimum atomic E-state index is -0.995. The first-order valence-electron chi connectivity index (χ1n) is 7.91. The average Bonchev–Trinajstić information content (AvgIpc) is 2.49. The van der Waals surface area contributed by atoms with E-state index in [2.05, 4.69) is 4.90 Å². The molecule has 3 rings (SSSR count). The Morgan fingerprint density at radius 1 is 1.24 bits per heavy atom. The van der Waals surface area contributed by atoms with Crippen molar-refractivity contribution < 1.29 is 14.3 Å². The van der Waals surface area contributed by atoms with Crippen LogP contribution in [0, 0.1) is 11.7 Å². The SMILES string of the molecule is O=C(O)c1ccc(F)c(CN2CCCC3CCCCC32)c1. The van der Waals surface area contributed by atoms with Crippen LogP contribution < -0.4 is 0 Å². The van der Waals surface area contributed by atoms with Crippen molar-refractivity contribution in [3.63, 3.8) is 0 Å². The Balaban J connectivity index is 1.78. The lowest BCUT2D eigenvalue weighted by Gasteiger charge is -2.44. The number of likely N-dealkylation sites (tertiary alicyclic amines) is 1. The van der Waals surface area contributed by atoms with Gasteiger partial charge >= 0.3 is 5.97 Å². The van der Waals surface area contributed by atoms with Crippen LogP contribution in [0.2, 0.25) is 0 Å². The summed E-state index contributed by atoms with van der Waals surface area (Å²) in [6, 6.07) is 4.66. The molecule has 0 spiro atoms. The molecule has 2 aliphatic rings. The van der Waals surface area contributed by atoms with Gasteiger partial charge in [0.2, 0.25) is 0 Å². The number of carbonyl (C=O) groups is 1. The van der Waals surface area contributed by atoms with Crippen LogP contribution in [0.3, 0.4) is 0 Å². The summed E-state index contributed by atoms with van der Waals surface area (Å²) in [5, 5.41) is 9.06. The molecule has 0 bridgehead atoms. The molecule has 1 saturated heterocycles. The summed E-state index contributed by atoms with van der Waals surface area (Å²) in [6.07, 6.45) is 7.52. The van der Waals surface area contributed by atoms with Gasteiger partial charge in [-0.3, -0.25) is 4.90 Å². The van der Waals surface area contributed by atoms with E-state index in [0.29, 0.717) is 18.2 Å². The van der Waals surface area contributed by atoms with E-state index in [4.69, 9.17) is 5.11 Å². The Morgan fingerprint density at radius 3 is 2.81 bits per heavy atom. The molecular weight excluding hydrogens is 269 g/mol. The van der Waals surface area contributed by atoms with Crippen molar-refractivity contribution in [2.45, 2.75) is 51.1 Å². The molecule has 4 heteroatoms. The minimum absolute atomic E-state index is 0.170. The molecule has 2 atom stereocenters. The van der Waals surface area contributed by atoms with Crippen LogP contribution in [0.4, 0.5) is 4.39 Å². The van der Waals surface area contributed by atoms with E-state index in [-0.39, 0.29) is 11.4 Å². The highest BCUT2D eigenvalue weighted by molar-refractivity contribution is 5.87. The van der Waals surface area contributed by atoms with Crippen LogP contribution in [0.1, 0.15) is 54.4 Å². The van der Waals surface area contributed by atoms with E-state index >= 15 is 0 Å². The zero-order valence-corrected chi connectivity index (χ0v) is 12.2. The van der Waals surface area contributed by atoms with Crippen molar-refractivity contribution in [3.05, 3.63) is 35.1 Å². The molecule has 114 valence electrons. The van der Waals surface area contributed by atoms with E-state index in [9.17, 15) is 9.18 Å². The van der Waals surface area contributed by atoms with Crippen LogP contribution in [-0.4, -0.2) is 28.6 Å². The first-order chi connectivity index (χ1) is 10.1. The van der Waals surface area contributed by atoms with Crippen molar-refractivity contribution in [1.82, 2.24) is 4.90 Å². The van der Waals surface area contributed by atoms with E-state index in [0.717, 1.165) is 12.5 Å². The molecule has 1 aliphatic carbocycles. The molecule has 1 aliphatic heterocycles. The normalized spacial score (nSPS) is 26.3. The maximum atomic E-state index is 14.0. The third kappa shape index (κ3) is 3.10. The third-order valence-electron chi connectivity index (χ3n) is 5.02. The zero-order valence-electron chi connectivity index (χ0n) is 12.2. The number of carboxylic acids is 1. The van der Waals surface area contributed by atoms with Gasteiger partial charge in [0.05, 0.1) is 5.56 Å². The van der Waals surface area contributed by atoms with Gasteiger partial charge in [0, 0.05) is 18.2 Å². The highest BCUT2D eigenvalue weighted by atomic mass is 19.1. The van der Waals surface area contributed by atoms with Crippen molar-refractivity contribution in [3.8, 4) is 0 Å². The van der Waals surface area contributed by atoms with Crippen molar-refractivity contribution in [1.29, 1.82) is 0 Å². The van der Waals surface area contributed by atoms with E-state index in [1.165, 1.54) is 56.7 Å². The summed E-state index contributed by atoms with van der Waals surface area (Å²) in [7, 11) is 0. The average molecular weight is 291 g/mol. The second-order valence-corrected chi connectivity index (χ2v) is 6.34. The molecule has 3 nitrogen and oxygen atoms in total. The first-order valence-corrected chi connectivity index (χ1v) is 7.91. The van der Waals surface area contributed by atoms with Gasteiger partial charge in [0.15, 0.2) is 0 Å². The number of rotatable bonds is 3. The van der Waals surface area contributed by atoms with E-state index in [1.807, 2.05) is 0 Å². The Morgan fingerprint density at radius 2 is 2.00 bits per heavy atom. The van der Waals surface area contributed by atoms with Crippen molar-refractivity contribution in [2.75, 3.05) is 6.54 Å². The predicted molar refractivity (Wildman–Crippen MR) is 78.7 cm³/mol. The number of benzene rings is 1. The summed E-state index contributed by atoms with van der Waals surface area (Å²) in [5.74, 6) is -0.540. The summed E-state index contributed by atoms with van der Waals surface area (Å²) in [4.78, 5) is 13.4. The van der Waals surface area contributed by atoms with Crippen LogP contribution in [0.5, 0.6) is 0 Å². The molecule has 1 heterocycles. The molecule has 0 aromatic heterocycles. The van der Waals surface area contributed by atoms with E-state index in [1.54, 1.807) is 0 Å². The summed E-state index contributed by atoms with van der Waals surface area (Å²) >= 11 is 0. The molecule has 1 aromatic rings. The van der Waals surface area contributed by atoms with Crippen LogP contribution in [-0.2, 0) is 6.54 Å². The number of aromatic carboxylic acids is 1. The predicted octanol–water partition coefficient (Wildman–Crippen LogP) is 3.68. The maximum Gasteiger partial charge on any atom is 0.335 e. The van der Waals surface area contributed by atoms with Gasteiger partial charge in [0.1, 0.15) is 5.82 Å². The fraction of sp³-hybridized carbons (Fsp3) is 0.588. The number of hydrogen-bond acceptors (Lipinski definition) is 2. The lowest BCUT2D eigenvalue weighted by Crippen LogP contribution is -2.46. The largest absolute Gasteiger partial charge is 0.478 e. The van der Waals surface area contributed by atoms with Gasteiger partial charge in [-0.05, 0) is 56.3 Å². The Hall–Kier alpha value is -1.42. The molecule has 1 saturated carbocycles. The fourth-order valence-electron chi connectivity index (χ4n) is 3.97. The second-order valence-electron chi connectivity index (χ2n) is 6.34. The van der Waals surface area contributed by atoms with Crippen LogP contribution in [0.25, 0.3) is 0 Å². The number of fused-ring (bicyclic) bond motifs is 1. The lowest BCUT2D eigenvalue weighted by atomic mass is 9.78. The zero-order chi connectivity index (χ0) is 14.8. The smallest absolute Gasteiger partial charge is 0.335 e. The number of nitrogens with zero attached hydrogens (tertiary/aromatic N) is 1. The summed E-state index contributed by atoms with van der Waals surface area (Å²) < 4.78 is 14.0. The number of carboxylic acid groups (broad SMARTS) is 1. The molecular formula is C17H22FNO2. The summed E-state index contributed by atoms with van der Waals surface area (Å²) in [5.41, 5.74) is 0.685. The minimum Gasteiger partial charge on any atom is -0.478 e. The molecule has 0 radical (unpaired) electrons. The quantitative estimate of drug-likeness (QED) is 0.923. The van der Waals surface area contributed by atoms with Gasteiger partial charge < -0.3 is 5.11 Å². The second kappa shape index (κ2) is 6.14. The number of hydrogen-bond donors (Lipinski definition) is 1. The van der Waals surface area contributed by atoms with Gasteiger partial charge in [0.25, 0.3) is 0 Å². The van der Waals surface area contributed by atoms with Gasteiger partial charge in [-0.2, -0.15) is 0 Å². The van der Waals surface area contributed by atoms with Gasteiger partial charge in [-0.1, -0.05) is 12.8 Å². The first kappa shape index (κ1) is 14.5. The van der Waals surface area contributed by atoms with Crippen LogP contribution >= 0.6 is 0 Å². The summed E-state index contributed by atoms with van der Waals surface area (Å²) in [6.45, 7) is 1.53. The Bertz CT molecular complexity index is 530. The van der Waals surface area contributed by atoms with Gasteiger partial charge in [-0.25, -0.2) is 9.18 Å². The lowest BCUT2D eigenvalue weighted by molar-refractivity contribution is 0.0538. The van der Waals surface area contributed by atoms with Crippen molar-refractivity contribution >= 4 is 5.97 Å². The number of piperidine rings is 1. The maximum absolute atomic E-state index is 14.0. The molecule has 2 fully saturated rings. The fourth-order valence-corrected chi connectivity index (χ4v) is 3.97. The van der Waals surface area contributed by atoms with E-state index < -0.39 is 5.97 Å². The van der Waals surface area contributed by atoms with Crippen LogP contribution in [0.15, 0.2) is 18.2 Å². The molecule has 0 amide bonds. The molecule has 1 aromatic carbocycles. The number of halogens is 1. The molecule has 21 heavy (non-hydrogen) atoms. The third-order valence-corrected chi connectivity index (χ3v) is 5.02. The Labute approximate surface area is 124 Å². The highest BCUT2D eigenvalue weighted by Gasteiger charge is 2.33. The monoisotopic (exact) mass is 291 g/mol. The molecule has 2 unspecified atom stereocenters. The molecule has 1 N–H and O–H groups in total. The van der Waals surface area contributed by atoms with Crippen molar-refractivity contribution in [2.24, 2.45) is 5.92 Å². The highest BCUT2D eigenvalue weighted by Crippen LogP contribution is 2.36. The Kier molecular flexibility index (Phi) is 4.24. The van der Waals surface area contributed by atoms with Gasteiger partial charge in [-0.15, -0.1) is 0 Å². The topological polar surface area (TPSA) is 40.5 Å².